The van der Waals surface area contributed by atoms with Gasteiger partial charge in [-0.25, -0.2) is 4.68 Å². The van der Waals surface area contributed by atoms with E-state index in [1.165, 1.54) is 24.7 Å². The summed E-state index contributed by atoms with van der Waals surface area (Å²) in [5.74, 6) is 0. The fourth-order valence-corrected chi connectivity index (χ4v) is 2.72. The van der Waals surface area contributed by atoms with Crippen molar-refractivity contribution >= 4 is 24.3 Å². The Morgan fingerprint density at radius 3 is 2.67 bits per heavy atom. The zero-order chi connectivity index (χ0) is 13.3. The number of hydrogen-bond donors (Lipinski definition) is 1. The molecule has 96 valence electrons. The summed E-state index contributed by atoms with van der Waals surface area (Å²) in [4.78, 5) is 12.1. The Kier molecular flexibility index (Phi) is 3.48. The third-order valence-electron chi connectivity index (χ3n) is 2.63. The quantitative estimate of drug-likeness (QED) is 0.878. The molecule has 0 aliphatic heterocycles. The molecule has 0 saturated carbocycles. The second-order valence-electron chi connectivity index (χ2n) is 3.78. The van der Waals surface area contributed by atoms with Crippen LogP contribution < -0.4 is 10.9 Å². The molecule has 0 spiro atoms. The van der Waals surface area contributed by atoms with Crippen molar-refractivity contribution in [3.8, 4) is 5.69 Å². The minimum Gasteiger partial charge on any atom is -0.329 e. The molecule has 1 unspecified atom stereocenters. The van der Waals surface area contributed by atoms with Gasteiger partial charge >= 0.3 is 0 Å². The lowest BCUT2D eigenvalue weighted by molar-refractivity contribution is 0.408. The van der Waals surface area contributed by atoms with E-state index in [2.05, 4.69) is 5.10 Å². The number of nitrogens with one attached hydrogen (secondary N) is 1. The van der Waals surface area contributed by atoms with Crippen LogP contribution in [0.5, 0.6) is 0 Å². The molecular weight excluding hydrogens is 275 g/mol. The van der Waals surface area contributed by atoms with Gasteiger partial charge in [0.25, 0.3) is 5.56 Å². The van der Waals surface area contributed by atoms with Crippen LogP contribution in [0.2, 0.25) is 5.02 Å². The first kappa shape index (κ1) is 13.1. The van der Waals surface area contributed by atoms with Crippen molar-refractivity contribution in [3.63, 3.8) is 0 Å². The molecule has 5 nitrogen and oxygen atoms in total. The number of halogens is 1. The third kappa shape index (κ3) is 2.17. The molecule has 1 N–H and O–H groups in total. The lowest BCUT2D eigenvalue weighted by Crippen LogP contribution is -2.27. The van der Waals surface area contributed by atoms with Crippen LogP contribution in [0.4, 0.5) is 0 Å². The average molecular weight is 287 g/mol. The van der Waals surface area contributed by atoms with Gasteiger partial charge in [-0.05, 0) is 12.1 Å². The molecule has 18 heavy (non-hydrogen) atoms. The van der Waals surface area contributed by atoms with Crippen LogP contribution >= 0.6 is 19.0 Å². The van der Waals surface area contributed by atoms with E-state index in [4.69, 9.17) is 16.1 Å². The third-order valence-corrected chi connectivity index (χ3v) is 4.84. The molecule has 7 heteroatoms. The van der Waals surface area contributed by atoms with Gasteiger partial charge in [0.2, 0.25) is 7.37 Å². The number of nitrogens with zero attached hydrogens (tertiary/aromatic N) is 1. The van der Waals surface area contributed by atoms with Gasteiger partial charge in [-0.1, -0.05) is 23.7 Å². The first-order chi connectivity index (χ1) is 8.47. The molecule has 0 amide bonds. The summed E-state index contributed by atoms with van der Waals surface area (Å²) in [5.41, 5.74) is 0.0855. The van der Waals surface area contributed by atoms with Crippen molar-refractivity contribution in [1.82, 2.24) is 9.78 Å². The number of H-pyrrole nitrogens is 1. The van der Waals surface area contributed by atoms with E-state index in [1.807, 2.05) is 0 Å². The Bertz CT molecular complexity index is 677. The number of para-hydroxylation sites is 1. The highest BCUT2D eigenvalue weighted by molar-refractivity contribution is 7.66. The minimum atomic E-state index is -3.09. The average Bonchev–Trinajstić information content (AvgIpc) is 2.72. The molecule has 0 fully saturated rings. The predicted octanol–water partition coefficient (Wildman–Crippen LogP) is 2.00. The molecule has 1 aromatic carbocycles. The zero-order valence-electron chi connectivity index (χ0n) is 9.88. The van der Waals surface area contributed by atoms with Crippen LogP contribution in [0.15, 0.2) is 35.3 Å². The van der Waals surface area contributed by atoms with Crippen LogP contribution in [0, 0.1) is 0 Å². The van der Waals surface area contributed by atoms with E-state index in [0.29, 0.717) is 10.7 Å². The summed E-state index contributed by atoms with van der Waals surface area (Å²) in [7, 11) is -1.77. The Balaban J connectivity index is 2.61. The molecule has 0 radical (unpaired) electrons. The summed E-state index contributed by atoms with van der Waals surface area (Å²) >= 11 is 6.01. The smallest absolute Gasteiger partial charge is 0.284 e. The highest BCUT2D eigenvalue weighted by atomic mass is 35.5. The van der Waals surface area contributed by atoms with Gasteiger partial charge in [0.1, 0.15) is 5.30 Å². The maximum atomic E-state index is 12.1. The Morgan fingerprint density at radius 1 is 1.39 bits per heavy atom. The van der Waals surface area contributed by atoms with Crippen LogP contribution in [0.3, 0.4) is 0 Å². The van der Waals surface area contributed by atoms with Gasteiger partial charge < -0.3 is 4.52 Å². The first-order valence-electron chi connectivity index (χ1n) is 5.16. The second kappa shape index (κ2) is 4.76. The maximum Gasteiger partial charge on any atom is 0.284 e. The number of aromatic amines is 1. The van der Waals surface area contributed by atoms with E-state index < -0.39 is 12.9 Å². The van der Waals surface area contributed by atoms with Crippen LogP contribution in [0.1, 0.15) is 0 Å². The summed E-state index contributed by atoms with van der Waals surface area (Å²) in [6, 6.07) is 6.89. The monoisotopic (exact) mass is 286 g/mol. The molecule has 0 aliphatic rings. The van der Waals surface area contributed by atoms with E-state index in [1.54, 1.807) is 24.3 Å². The Hall–Kier alpha value is -1.29. The summed E-state index contributed by atoms with van der Waals surface area (Å²) < 4.78 is 18.2. The van der Waals surface area contributed by atoms with E-state index in [9.17, 15) is 9.36 Å². The summed E-state index contributed by atoms with van der Waals surface area (Å²) in [6.07, 6.45) is 1.38. The number of benzene rings is 1. The standard InChI is InChI=1S/C11H12ClN2O3P/c1-17-18(2,16)10-7-13-14(11(10)15)9-6-4-3-5-8(9)12/h3-7,13H,1-2H3. The zero-order valence-corrected chi connectivity index (χ0v) is 11.5. The largest absolute Gasteiger partial charge is 0.329 e. The van der Waals surface area contributed by atoms with Gasteiger partial charge in [0.05, 0.1) is 10.7 Å². The van der Waals surface area contributed by atoms with E-state index >= 15 is 0 Å². The number of rotatable bonds is 3. The van der Waals surface area contributed by atoms with Crippen LogP contribution in [-0.2, 0) is 9.09 Å². The van der Waals surface area contributed by atoms with E-state index in [0.717, 1.165) is 0 Å². The molecule has 0 aliphatic carbocycles. The SMILES string of the molecule is COP(C)(=O)c1c[nH]n(-c2ccccc2Cl)c1=O. The van der Waals surface area contributed by atoms with Crippen molar-refractivity contribution in [2.24, 2.45) is 0 Å². The highest BCUT2D eigenvalue weighted by Crippen LogP contribution is 2.38. The van der Waals surface area contributed by atoms with Crippen molar-refractivity contribution in [3.05, 3.63) is 45.8 Å². The maximum absolute atomic E-state index is 12.1. The highest BCUT2D eigenvalue weighted by Gasteiger charge is 2.24. The van der Waals surface area contributed by atoms with Gasteiger partial charge in [-0.2, -0.15) is 0 Å². The molecule has 1 heterocycles. The Morgan fingerprint density at radius 2 is 2.06 bits per heavy atom. The van der Waals surface area contributed by atoms with Crippen molar-refractivity contribution in [1.29, 1.82) is 0 Å². The number of hydrogen-bond acceptors (Lipinski definition) is 3. The molecule has 2 rings (SSSR count). The van der Waals surface area contributed by atoms with Gasteiger partial charge in [0.15, 0.2) is 0 Å². The molecule has 1 aromatic heterocycles. The van der Waals surface area contributed by atoms with Crippen LogP contribution in [0.25, 0.3) is 5.69 Å². The minimum absolute atomic E-state index is 0.116. The van der Waals surface area contributed by atoms with Crippen molar-refractivity contribution < 1.29 is 9.09 Å². The van der Waals surface area contributed by atoms with E-state index in [-0.39, 0.29) is 5.30 Å². The number of aromatic nitrogens is 2. The fraction of sp³-hybridized carbons (Fsp3) is 0.182. The van der Waals surface area contributed by atoms with Gasteiger partial charge in [0, 0.05) is 20.0 Å². The molecular formula is C11H12ClN2O3P. The molecule has 0 bridgehead atoms. The summed E-state index contributed by atoms with van der Waals surface area (Å²) in [5, 5.41) is 3.28. The molecule has 0 saturated heterocycles. The molecule has 2 aromatic rings. The van der Waals surface area contributed by atoms with Gasteiger partial charge in [-0.15, -0.1) is 0 Å². The summed E-state index contributed by atoms with van der Waals surface area (Å²) in [6.45, 7) is 1.40. The first-order valence-corrected chi connectivity index (χ1v) is 7.61. The normalized spacial score (nSPS) is 14.4. The lowest BCUT2D eigenvalue weighted by Gasteiger charge is -2.06. The fourth-order valence-electron chi connectivity index (χ4n) is 1.56. The lowest BCUT2D eigenvalue weighted by atomic mass is 10.3. The van der Waals surface area contributed by atoms with Crippen LogP contribution in [-0.4, -0.2) is 23.6 Å². The topological polar surface area (TPSA) is 64.1 Å². The van der Waals surface area contributed by atoms with Gasteiger partial charge in [-0.3, -0.25) is 14.5 Å². The Labute approximate surface area is 109 Å². The molecule has 1 atom stereocenters. The second-order valence-corrected chi connectivity index (χ2v) is 6.72. The van der Waals surface area contributed by atoms with Crippen molar-refractivity contribution in [2.45, 2.75) is 0 Å². The van der Waals surface area contributed by atoms with Crippen molar-refractivity contribution in [2.75, 3.05) is 13.8 Å². The predicted molar refractivity (Wildman–Crippen MR) is 71.6 cm³/mol.